The van der Waals surface area contributed by atoms with Crippen LogP contribution in [0, 0.1) is 5.41 Å². The van der Waals surface area contributed by atoms with Crippen molar-refractivity contribution < 1.29 is 19.4 Å². The summed E-state index contributed by atoms with van der Waals surface area (Å²) in [4.78, 5) is 28.6. The summed E-state index contributed by atoms with van der Waals surface area (Å²) < 4.78 is 5.59. The molecule has 0 spiro atoms. The van der Waals surface area contributed by atoms with Crippen molar-refractivity contribution in [2.75, 3.05) is 7.11 Å². The molecule has 1 aromatic rings. The predicted molar refractivity (Wildman–Crippen MR) is 100 cm³/mol. The van der Waals surface area contributed by atoms with E-state index in [2.05, 4.69) is 25.7 Å². The number of benzene rings is 1. The first-order valence-electron chi connectivity index (χ1n) is 8.07. The van der Waals surface area contributed by atoms with Gasteiger partial charge >= 0.3 is 5.97 Å². The number of allylic oxidation sites excluding steroid dienone is 2. The number of aliphatic hydroxyl groups is 1. The number of ketones is 1. The van der Waals surface area contributed by atoms with Gasteiger partial charge in [-0.25, -0.2) is 0 Å². The van der Waals surface area contributed by atoms with Crippen molar-refractivity contribution in [1.29, 1.82) is 0 Å². The summed E-state index contributed by atoms with van der Waals surface area (Å²) in [6.45, 7) is 3.88. The average molecular weight is 408 g/mol. The number of aliphatic hydroxyl groups excluding tert-OH is 1. The van der Waals surface area contributed by atoms with Gasteiger partial charge in [0.15, 0.2) is 5.78 Å². The molecule has 0 heterocycles. The Hall–Kier alpha value is -1.95. The third-order valence-electron chi connectivity index (χ3n) is 4.03. The highest BCUT2D eigenvalue weighted by molar-refractivity contribution is 9.10. The third-order valence-corrected chi connectivity index (χ3v) is 4.55. The first kappa shape index (κ1) is 19.4. The van der Waals surface area contributed by atoms with Crippen molar-refractivity contribution in [3.05, 3.63) is 40.1 Å². The first-order chi connectivity index (χ1) is 11.7. The second-order valence-corrected chi connectivity index (χ2v) is 7.79. The zero-order valence-corrected chi connectivity index (χ0v) is 16.2. The van der Waals surface area contributed by atoms with Crippen LogP contribution < -0.4 is 0 Å². The average Bonchev–Trinajstić information content (AvgIpc) is 2.52. The Bertz CT molecular complexity index is 732. The molecule has 1 aliphatic carbocycles. The van der Waals surface area contributed by atoms with Crippen LogP contribution in [0.3, 0.4) is 0 Å². The summed E-state index contributed by atoms with van der Waals surface area (Å²) in [5.41, 5.74) is 1.04. The van der Waals surface area contributed by atoms with Crippen molar-refractivity contribution in [3.63, 3.8) is 0 Å². The Labute approximate surface area is 155 Å². The molecule has 0 amide bonds. The number of hydrogen-bond donors (Lipinski definition) is 1. The SMILES string of the molecule is COC(=O)CCC(=Nc1ccc(Br)cc1)C1=C(O)CC(C)(C)CC1=O. The highest BCUT2D eigenvalue weighted by atomic mass is 79.9. The zero-order chi connectivity index (χ0) is 18.6. The number of rotatable bonds is 5. The summed E-state index contributed by atoms with van der Waals surface area (Å²) >= 11 is 3.37. The zero-order valence-electron chi connectivity index (χ0n) is 14.6. The lowest BCUT2D eigenvalue weighted by molar-refractivity contribution is -0.140. The van der Waals surface area contributed by atoms with Gasteiger partial charge in [-0.1, -0.05) is 29.8 Å². The number of halogens is 1. The van der Waals surface area contributed by atoms with Crippen LogP contribution in [-0.2, 0) is 14.3 Å². The van der Waals surface area contributed by atoms with Crippen molar-refractivity contribution >= 4 is 39.1 Å². The lowest BCUT2D eigenvalue weighted by Gasteiger charge is -2.30. The van der Waals surface area contributed by atoms with Crippen LogP contribution in [0.15, 0.2) is 45.1 Å². The Morgan fingerprint density at radius 3 is 2.44 bits per heavy atom. The maximum absolute atomic E-state index is 12.6. The van der Waals surface area contributed by atoms with E-state index in [1.807, 2.05) is 26.0 Å². The molecule has 0 radical (unpaired) electrons. The molecule has 1 aliphatic rings. The molecule has 6 heteroatoms. The molecule has 0 saturated heterocycles. The molecule has 1 N–H and O–H groups in total. The largest absolute Gasteiger partial charge is 0.511 e. The number of methoxy groups -OCH3 is 1. The minimum Gasteiger partial charge on any atom is -0.511 e. The maximum atomic E-state index is 12.6. The number of carbonyl (C=O) groups excluding carboxylic acids is 2. The molecular formula is C19H22BrNO4. The van der Waals surface area contributed by atoms with E-state index < -0.39 is 0 Å². The van der Waals surface area contributed by atoms with Gasteiger partial charge < -0.3 is 9.84 Å². The van der Waals surface area contributed by atoms with E-state index in [1.54, 1.807) is 12.1 Å². The smallest absolute Gasteiger partial charge is 0.305 e. The topological polar surface area (TPSA) is 76.0 Å². The van der Waals surface area contributed by atoms with Crippen LogP contribution >= 0.6 is 15.9 Å². The van der Waals surface area contributed by atoms with E-state index in [0.29, 0.717) is 24.2 Å². The van der Waals surface area contributed by atoms with E-state index >= 15 is 0 Å². The molecule has 2 rings (SSSR count). The van der Waals surface area contributed by atoms with Crippen molar-refractivity contribution in [1.82, 2.24) is 0 Å². The number of hydrogen-bond acceptors (Lipinski definition) is 5. The van der Waals surface area contributed by atoms with Gasteiger partial charge in [0.05, 0.1) is 30.5 Å². The summed E-state index contributed by atoms with van der Waals surface area (Å²) in [5, 5.41) is 10.4. The van der Waals surface area contributed by atoms with Gasteiger partial charge in [-0.2, -0.15) is 0 Å². The molecule has 25 heavy (non-hydrogen) atoms. The summed E-state index contributed by atoms with van der Waals surface area (Å²) in [6, 6.07) is 7.29. The second kappa shape index (κ2) is 7.95. The van der Waals surface area contributed by atoms with Crippen molar-refractivity contribution in [2.45, 2.75) is 39.5 Å². The van der Waals surface area contributed by atoms with Gasteiger partial charge in [0.2, 0.25) is 0 Å². The van der Waals surface area contributed by atoms with Crippen LogP contribution in [0.5, 0.6) is 0 Å². The third kappa shape index (κ3) is 5.26. The number of nitrogens with zero attached hydrogens (tertiary/aromatic N) is 1. The van der Waals surface area contributed by atoms with Gasteiger partial charge in [-0.05, 0) is 29.7 Å². The number of esters is 1. The summed E-state index contributed by atoms with van der Waals surface area (Å²) in [7, 11) is 1.32. The summed E-state index contributed by atoms with van der Waals surface area (Å²) in [5.74, 6) is -0.483. The lowest BCUT2D eigenvalue weighted by Crippen LogP contribution is -2.29. The van der Waals surface area contributed by atoms with E-state index in [-0.39, 0.29) is 41.3 Å². The van der Waals surface area contributed by atoms with Crippen LogP contribution in [0.25, 0.3) is 0 Å². The Morgan fingerprint density at radius 2 is 1.88 bits per heavy atom. The minimum atomic E-state index is -0.382. The highest BCUT2D eigenvalue weighted by Gasteiger charge is 2.35. The van der Waals surface area contributed by atoms with Crippen LogP contribution in [0.2, 0.25) is 0 Å². The number of aliphatic imine (C=N–C) groups is 1. The summed E-state index contributed by atoms with van der Waals surface area (Å²) in [6.07, 6.45) is 1.07. The predicted octanol–water partition coefficient (Wildman–Crippen LogP) is 4.68. The quantitative estimate of drug-likeness (QED) is 0.567. The minimum absolute atomic E-state index is 0.0435. The fourth-order valence-corrected chi connectivity index (χ4v) is 3.11. The number of carbonyl (C=O) groups is 2. The van der Waals surface area contributed by atoms with Crippen molar-refractivity contribution in [2.24, 2.45) is 10.4 Å². The van der Waals surface area contributed by atoms with Gasteiger partial charge in [0, 0.05) is 23.7 Å². The molecule has 0 saturated carbocycles. The van der Waals surface area contributed by atoms with E-state index in [0.717, 1.165) is 4.47 Å². The molecule has 0 aromatic heterocycles. The number of Topliss-reactive ketones (excluding diaryl/α,β-unsaturated/α-hetero) is 1. The fourth-order valence-electron chi connectivity index (χ4n) is 2.85. The van der Waals surface area contributed by atoms with E-state index in [9.17, 15) is 14.7 Å². The van der Waals surface area contributed by atoms with Crippen LogP contribution in [-0.4, -0.2) is 29.7 Å². The Balaban J connectivity index is 2.42. The fraction of sp³-hybridized carbons (Fsp3) is 0.421. The van der Waals surface area contributed by atoms with E-state index in [1.165, 1.54) is 7.11 Å². The standard InChI is InChI=1S/C19H22BrNO4/c1-19(2)10-15(22)18(16(23)11-19)14(8-9-17(24)25-3)21-13-6-4-12(20)5-7-13/h4-7,22H,8-11H2,1-3H3. The molecule has 5 nitrogen and oxygen atoms in total. The Kier molecular flexibility index (Phi) is 6.16. The first-order valence-corrected chi connectivity index (χ1v) is 8.87. The van der Waals surface area contributed by atoms with Gasteiger partial charge in [-0.3, -0.25) is 14.6 Å². The van der Waals surface area contributed by atoms with E-state index in [4.69, 9.17) is 0 Å². The number of ether oxygens (including phenoxy) is 1. The van der Waals surface area contributed by atoms with Gasteiger partial charge in [-0.15, -0.1) is 0 Å². The van der Waals surface area contributed by atoms with Crippen LogP contribution in [0.1, 0.15) is 39.5 Å². The van der Waals surface area contributed by atoms with Crippen LogP contribution in [0.4, 0.5) is 5.69 Å². The molecule has 1 aromatic carbocycles. The Morgan fingerprint density at radius 1 is 1.24 bits per heavy atom. The van der Waals surface area contributed by atoms with Crippen molar-refractivity contribution in [3.8, 4) is 0 Å². The van der Waals surface area contributed by atoms with Gasteiger partial charge in [0.25, 0.3) is 0 Å². The second-order valence-electron chi connectivity index (χ2n) is 6.87. The van der Waals surface area contributed by atoms with Gasteiger partial charge in [0.1, 0.15) is 5.76 Å². The molecule has 0 unspecified atom stereocenters. The maximum Gasteiger partial charge on any atom is 0.305 e. The molecular weight excluding hydrogens is 386 g/mol. The molecule has 0 fully saturated rings. The molecule has 0 aliphatic heterocycles. The lowest BCUT2D eigenvalue weighted by atomic mass is 9.75. The highest BCUT2D eigenvalue weighted by Crippen LogP contribution is 2.37. The molecule has 0 bridgehead atoms. The molecule has 134 valence electrons. The normalized spacial score (nSPS) is 17.6. The monoisotopic (exact) mass is 407 g/mol. The molecule has 0 atom stereocenters.